The summed E-state index contributed by atoms with van der Waals surface area (Å²) in [4.78, 5) is 4.52. The maximum absolute atomic E-state index is 10.4. The third kappa shape index (κ3) is 7.05. The van der Waals surface area contributed by atoms with Gasteiger partial charge in [-0.1, -0.05) is 38.1 Å². The van der Waals surface area contributed by atoms with Gasteiger partial charge in [0.1, 0.15) is 0 Å². The van der Waals surface area contributed by atoms with Gasteiger partial charge in [-0.3, -0.25) is 4.90 Å². The van der Waals surface area contributed by atoms with E-state index in [-0.39, 0.29) is 0 Å². The molecule has 0 fully saturated rings. The summed E-state index contributed by atoms with van der Waals surface area (Å²) in [7, 11) is 4.16. The molecular weight excluding hydrogens is 262 g/mol. The highest BCUT2D eigenvalue weighted by Crippen LogP contribution is 2.16. The average molecular weight is 293 g/mol. The SMILES string of the molecule is CC(C)CN(CCN(C)C)CC(O)c1ccc(CN)cc1. The second-order valence-electron chi connectivity index (χ2n) is 6.42. The fraction of sp³-hybridized carbons (Fsp3) is 0.647. The van der Waals surface area contributed by atoms with E-state index < -0.39 is 6.10 Å². The van der Waals surface area contributed by atoms with Crippen molar-refractivity contribution >= 4 is 0 Å². The molecule has 0 bridgehead atoms. The zero-order valence-corrected chi connectivity index (χ0v) is 13.9. The van der Waals surface area contributed by atoms with Gasteiger partial charge in [-0.2, -0.15) is 0 Å². The Labute approximate surface area is 129 Å². The average Bonchev–Trinajstić information content (AvgIpc) is 2.44. The van der Waals surface area contributed by atoms with Crippen molar-refractivity contribution in [3.05, 3.63) is 35.4 Å². The molecule has 1 aromatic rings. The third-order valence-corrected chi connectivity index (χ3v) is 3.52. The molecular formula is C17H31N3O. The largest absolute Gasteiger partial charge is 0.387 e. The van der Waals surface area contributed by atoms with Crippen LogP contribution in [0.15, 0.2) is 24.3 Å². The lowest BCUT2D eigenvalue weighted by Crippen LogP contribution is -2.37. The first-order valence-electron chi connectivity index (χ1n) is 7.76. The minimum atomic E-state index is -0.447. The van der Waals surface area contributed by atoms with Gasteiger partial charge in [0.05, 0.1) is 6.10 Å². The van der Waals surface area contributed by atoms with E-state index in [2.05, 4.69) is 37.7 Å². The first-order chi connectivity index (χ1) is 9.92. The van der Waals surface area contributed by atoms with Crippen molar-refractivity contribution in [1.29, 1.82) is 0 Å². The molecule has 1 unspecified atom stereocenters. The van der Waals surface area contributed by atoms with Gasteiger partial charge in [0, 0.05) is 32.7 Å². The molecule has 3 N–H and O–H groups in total. The molecule has 0 radical (unpaired) electrons. The Morgan fingerprint density at radius 1 is 1.05 bits per heavy atom. The highest BCUT2D eigenvalue weighted by Gasteiger charge is 2.15. The summed E-state index contributed by atoms with van der Waals surface area (Å²) in [6.07, 6.45) is -0.447. The quantitative estimate of drug-likeness (QED) is 0.727. The fourth-order valence-corrected chi connectivity index (χ4v) is 2.34. The Balaban J connectivity index is 2.62. The predicted octanol–water partition coefficient (Wildman–Crippen LogP) is 1.70. The van der Waals surface area contributed by atoms with E-state index in [1.165, 1.54) is 0 Å². The zero-order valence-electron chi connectivity index (χ0n) is 13.9. The molecule has 0 amide bonds. The molecule has 0 spiro atoms. The van der Waals surface area contributed by atoms with Crippen LogP contribution >= 0.6 is 0 Å². The first-order valence-corrected chi connectivity index (χ1v) is 7.76. The summed E-state index contributed by atoms with van der Waals surface area (Å²) in [6, 6.07) is 7.94. The predicted molar refractivity (Wildman–Crippen MR) is 89.1 cm³/mol. The lowest BCUT2D eigenvalue weighted by atomic mass is 10.1. The van der Waals surface area contributed by atoms with Gasteiger partial charge in [0.25, 0.3) is 0 Å². The van der Waals surface area contributed by atoms with Crippen molar-refractivity contribution in [3.8, 4) is 0 Å². The molecule has 0 aliphatic rings. The summed E-state index contributed by atoms with van der Waals surface area (Å²) < 4.78 is 0. The van der Waals surface area contributed by atoms with Gasteiger partial charge in [-0.15, -0.1) is 0 Å². The van der Waals surface area contributed by atoms with E-state index >= 15 is 0 Å². The number of hydrogen-bond donors (Lipinski definition) is 2. The van der Waals surface area contributed by atoms with Crippen LogP contribution in [-0.2, 0) is 6.54 Å². The van der Waals surface area contributed by atoms with Crippen LogP contribution in [0.4, 0.5) is 0 Å². The van der Waals surface area contributed by atoms with Crippen LogP contribution in [0.2, 0.25) is 0 Å². The number of benzene rings is 1. The molecule has 4 nitrogen and oxygen atoms in total. The van der Waals surface area contributed by atoms with Gasteiger partial charge in [0.2, 0.25) is 0 Å². The number of rotatable bonds is 9. The van der Waals surface area contributed by atoms with E-state index in [4.69, 9.17) is 5.73 Å². The molecule has 120 valence electrons. The van der Waals surface area contributed by atoms with Gasteiger partial charge in [-0.25, -0.2) is 0 Å². The summed E-state index contributed by atoms with van der Waals surface area (Å²) >= 11 is 0. The van der Waals surface area contributed by atoms with E-state index in [0.29, 0.717) is 19.0 Å². The number of aliphatic hydroxyl groups excluding tert-OH is 1. The topological polar surface area (TPSA) is 52.7 Å². The van der Waals surface area contributed by atoms with Gasteiger partial charge < -0.3 is 15.7 Å². The highest BCUT2D eigenvalue weighted by atomic mass is 16.3. The summed E-state index contributed by atoms with van der Waals surface area (Å²) in [6.45, 7) is 8.63. The summed E-state index contributed by atoms with van der Waals surface area (Å²) in [5.41, 5.74) is 7.66. The van der Waals surface area contributed by atoms with Crippen molar-refractivity contribution in [2.24, 2.45) is 11.7 Å². The Hall–Kier alpha value is -0.940. The van der Waals surface area contributed by atoms with E-state index in [1.54, 1.807) is 0 Å². The Bertz CT molecular complexity index is 390. The van der Waals surface area contributed by atoms with Crippen LogP contribution in [0, 0.1) is 5.92 Å². The molecule has 1 rings (SSSR count). The number of nitrogens with two attached hydrogens (primary N) is 1. The monoisotopic (exact) mass is 293 g/mol. The van der Waals surface area contributed by atoms with Gasteiger partial charge >= 0.3 is 0 Å². The third-order valence-electron chi connectivity index (χ3n) is 3.52. The Morgan fingerprint density at radius 2 is 1.67 bits per heavy atom. The minimum Gasteiger partial charge on any atom is -0.387 e. The number of aliphatic hydroxyl groups is 1. The molecule has 0 heterocycles. The van der Waals surface area contributed by atoms with Crippen LogP contribution < -0.4 is 5.73 Å². The number of hydrogen-bond acceptors (Lipinski definition) is 4. The minimum absolute atomic E-state index is 0.447. The van der Waals surface area contributed by atoms with Gasteiger partial charge in [-0.05, 0) is 31.1 Å². The Morgan fingerprint density at radius 3 is 2.14 bits per heavy atom. The summed E-state index contributed by atoms with van der Waals surface area (Å²) in [5.74, 6) is 0.596. The van der Waals surface area contributed by atoms with Crippen LogP contribution in [0.1, 0.15) is 31.1 Å². The standard InChI is InChI=1S/C17H31N3O/c1-14(2)12-20(10-9-19(3)4)13-17(21)16-7-5-15(11-18)6-8-16/h5-8,14,17,21H,9-13,18H2,1-4H3. The lowest BCUT2D eigenvalue weighted by molar-refractivity contribution is 0.101. The molecule has 1 atom stereocenters. The Kier molecular flexibility index (Phi) is 7.89. The number of nitrogens with zero attached hydrogens (tertiary/aromatic N) is 2. The van der Waals surface area contributed by atoms with Crippen LogP contribution in [0.25, 0.3) is 0 Å². The van der Waals surface area contributed by atoms with Crippen molar-refractivity contribution in [2.75, 3.05) is 40.3 Å². The zero-order chi connectivity index (χ0) is 15.8. The smallest absolute Gasteiger partial charge is 0.0916 e. The summed E-state index contributed by atoms with van der Waals surface area (Å²) in [5, 5.41) is 10.4. The van der Waals surface area contributed by atoms with E-state index in [9.17, 15) is 5.11 Å². The molecule has 0 aromatic heterocycles. The molecule has 0 saturated heterocycles. The maximum Gasteiger partial charge on any atom is 0.0916 e. The molecule has 1 aromatic carbocycles. The fourth-order valence-electron chi connectivity index (χ4n) is 2.34. The van der Waals surface area contributed by atoms with Crippen LogP contribution in [0.5, 0.6) is 0 Å². The van der Waals surface area contributed by atoms with Crippen molar-refractivity contribution in [2.45, 2.75) is 26.5 Å². The molecule has 4 heteroatoms. The maximum atomic E-state index is 10.4. The van der Waals surface area contributed by atoms with Crippen molar-refractivity contribution in [1.82, 2.24) is 9.80 Å². The van der Waals surface area contributed by atoms with Crippen molar-refractivity contribution < 1.29 is 5.11 Å². The normalized spacial score (nSPS) is 13.4. The van der Waals surface area contributed by atoms with E-state index in [0.717, 1.165) is 30.8 Å². The van der Waals surface area contributed by atoms with E-state index in [1.807, 2.05) is 24.3 Å². The van der Waals surface area contributed by atoms with Gasteiger partial charge in [0.15, 0.2) is 0 Å². The molecule has 0 saturated carbocycles. The van der Waals surface area contributed by atoms with Crippen molar-refractivity contribution in [3.63, 3.8) is 0 Å². The lowest BCUT2D eigenvalue weighted by Gasteiger charge is -2.28. The molecule has 21 heavy (non-hydrogen) atoms. The molecule has 0 aliphatic carbocycles. The second kappa shape index (κ2) is 9.15. The number of likely N-dealkylation sites (N-methyl/N-ethyl adjacent to an activating group) is 1. The molecule has 0 aliphatic heterocycles. The van der Waals surface area contributed by atoms with Crippen LogP contribution in [0.3, 0.4) is 0 Å². The second-order valence-corrected chi connectivity index (χ2v) is 6.42. The first kappa shape index (κ1) is 18.1. The van der Waals surface area contributed by atoms with Crippen LogP contribution in [-0.4, -0.2) is 55.2 Å². The highest BCUT2D eigenvalue weighted by molar-refractivity contribution is 5.24.